The predicted octanol–water partition coefficient (Wildman–Crippen LogP) is -2.41. The smallest absolute Gasteiger partial charge is 0.325 e. The fourth-order valence-electron chi connectivity index (χ4n) is 7.56. The van der Waals surface area contributed by atoms with Crippen LogP contribution in [-0.4, -0.2) is 156 Å². The van der Waals surface area contributed by atoms with Crippen molar-refractivity contribution in [1.82, 2.24) is 61.6 Å². The first kappa shape index (κ1) is 50.3. The number of nitrogens with zero attached hydrogens (tertiary/aromatic N) is 4. The van der Waals surface area contributed by atoms with E-state index in [0.29, 0.717) is 50.0 Å². The van der Waals surface area contributed by atoms with Crippen LogP contribution in [-0.2, 0) is 56.0 Å². The number of carboxylic acid groups (broad SMARTS) is 1. The first-order valence-electron chi connectivity index (χ1n) is 21.6. The number of imidazole rings is 2. The second kappa shape index (κ2) is 23.3. The standard InChI is InChI=1S/C41H63N13O10/c1-7-22(4)33(39(61)49-24(6)41(63)64)52-36(58)29-10-8-12-53(29)31(55)18-45-34(56)23(5)48-35(57)28(15-26-17-44-20-47-26)50-38(60)32(21(2)3)51-37(59)30-11-9-13-54(30)40(62)27(42)14-25-16-43-19-46-25/h16-17,19-24,27-30,32-33H,7-15,18,42H2,1-6H3,(H,43,46)(H,44,47)(H,45,56)(H,48,57)(H,49,61)(H,50,60)(H,51,59)(H,52,58)(H,63,64)/t22-,23-,24-,27-,28-,29-,30-,32-,33-/m0/s1. The Balaban J connectivity index is 1.35. The van der Waals surface area contributed by atoms with Crippen LogP contribution in [0.5, 0.6) is 0 Å². The first-order chi connectivity index (χ1) is 30.3. The van der Waals surface area contributed by atoms with Gasteiger partial charge in [0.1, 0.15) is 42.3 Å². The normalized spacial score (nSPS) is 19.3. The minimum absolute atomic E-state index is 0.0706. The van der Waals surface area contributed by atoms with Crippen LogP contribution in [0.25, 0.3) is 0 Å². The summed E-state index contributed by atoms with van der Waals surface area (Å²) in [5.41, 5.74) is 7.35. The van der Waals surface area contributed by atoms with E-state index in [4.69, 9.17) is 5.73 Å². The molecule has 2 aromatic heterocycles. The molecule has 11 N–H and O–H groups in total. The maximum absolute atomic E-state index is 13.9. The number of carbonyl (C=O) groups is 9. The lowest BCUT2D eigenvalue weighted by molar-refractivity contribution is -0.143. The highest BCUT2D eigenvalue weighted by atomic mass is 16.4. The number of nitrogens with one attached hydrogen (secondary N) is 8. The lowest BCUT2D eigenvalue weighted by Crippen LogP contribution is -2.60. The first-order valence-corrected chi connectivity index (χ1v) is 21.6. The molecule has 8 amide bonds. The van der Waals surface area contributed by atoms with Crippen molar-refractivity contribution in [3.05, 3.63) is 36.4 Å². The fourth-order valence-corrected chi connectivity index (χ4v) is 7.56. The van der Waals surface area contributed by atoms with E-state index < -0.39 is 114 Å². The van der Waals surface area contributed by atoms with Gasteiger partial charge in [0.25, 0.3) is 0 Å². The summed E-state index contributed by atoms with van der Waals surface area (Å²) < 4.78 is 0. The van der Waals surface area contributed by atoms with E-state index in [1.165, 1.54) is 42.5 Å². The van der Waals surface area contributed by atoms with Crippen LogP contribution in [0.15, 0.2) is 25.0 Å². The molecule has 4 heterocycles. The molecule has 64 heavy (non-hydrogen) atoms. The number of amides is 8. The number of hydrogen-bond acceptors (Lipinski definition) is 12. The third-order valence-electron chi connectivity index (χ3n) is 11.6. The van der Waals surface area contributed by atoms with Crippen LogP contribution in [0.4, 0.5) is 0 Å². The van der Waals surface area contributed by atoms with E-state index in [-0.39, 0.29) is 25.3 Å². The number of H-pyrrole nitrogens is 2. The van der Waals surface area contributed by atoms with Gasteiger partial charge in [0.2, 0.25) is 47.3 Å². The zero-order valence-electron chi connectivity index (χ0n) is 37.1. The third-order valence-corrected chi connectivity index (χ3v) is 11.6. The van der Waals surface area contributed by atoms with Gasteiger partial charge < -0.3 is 62.5 Å². The molecule has 0 unspecified atom stereocenters. The summed E-state index contributed by atoms with van der Waals surface area (Å²) >= 11 is 0. The Morgan fingerprint density at radius 3 is 1.80 bits per heavy atom. The van der Waals surface area contributed by atoms with Gasteiger partial charge in [0, 0.05) is 49.7 Å². The van der Waals surface area contributed by atoms with E-state index in [0.717, 1.165) is 0 Å². The monoisotopic (exact) mass is 897 g/mol. The van der Waals surface area contributed by atoms with Gasteiger partial charge in [-0.1, -0.05) is 34.1 Å². The molecule has 352 valence electrons. The van der Waals surface area contributed by atoms with Crippen LogP contribution < -0.4 is 37.6 Å². The Kier molecular flexibility index (Phi) is 18.3. The Bertz CT molecular complexity index is 1960. The van der Waals surface area contributed by atoms with Gasteiger partial charge in [-0.3, -0.25) is 43.2 Å². The summed E-state index contributed by atoms with van der Waals surface area (Å²) in [7, 11) is 0. The van der Waals surface area contributed by atoms with Crippen LogP contribution in [0.2, 0.25) is 0 Å². The van der Waals surface area contributed by atoms with Crippen molar-refractivity contribution in [3.8, 4) is 0 Å². The number of carbonyl (C=O) groups excluding carboxylic acids is 8. The molecular weight excluding hydrogens is 835 g/mol. The van der Waals surface area contributed by atoms with Crippen molar-refractivity contribution in [2.45, 2.75) is 135 Å². The molecule has 0 aromatic carbocycles. The molecule has 2 fully saturated rings. The Labute approximate surface area is 371 Å². The Morgan fingerprint density at radius 1 is 0.719 bits per heavy atom. The SMILES string of the molecule is CC[C@H](C)[C@H](NC(=O)[C@@H]1CCCN1C(=O)CNC(=O)[C@H](C)NC(=O)[C@H](Cc1cnc[nH]1)NC(=O)[C@@H](NC(=O)[C@@H]1CCCN1C(=O)[C@@H](N)Cc1cnc[nH]1)C(C)C)C(=O)N[C@@H](C)C(=O)O. The number of nitrogens with two attached hydrogens (primary N) is 1. The summed E-state index contributed by atoms with van der Waals surface area (Å²) in [5.74, 6) is -7.02. The van der Waals surface area contributed by atoms with E-state index in [9.17, 15) is 48.3 Å². The molecule has 0 bridgehead atoms. The van der Waals surface area contributed by atoms with E-state index in [1.807, 2.05) is 6.92 Å². The summed E-state index contributed by atoms with van der Waals surface area (Å²) in [6.07, 6.45) is 8.21. The van der Waals surface area contributed by atoms with Gasteiger partial charge >= 0.3 is 5.97 Å². The molecule has 2 aliphatic heterocycles. The van der Waals surface area contributed by atoms with Gasteiger partial charge in [0.05, 0.1) is 25.2 Å². The second-order valence-electron chi connectivity index (χ2n) is 16.8. The lowest BCUT2D eigenvalue weighted by atomic mass is 9.97. The Hall–Kier alpha value is -6.39. The van der Waals surface area contributed by atoms with Crippen molar-refractivity contribution in [1.29, 1.82) is 0 Å². The largest absolute Gasteiger partial charge is 0.480 e. The molecule has 0 aliphatic carbocycles. The molecule has 0 saturated carbocycles. The third kappa shape index (κ3) is 13.6. The van der Waals surface area contributed by atoms with Gasteiger partial charge in [-0.2, -0.15) is 0 Å². The van der Waals surface area contributed by atoms with E-state index in [2.05, 4.69) is 51.8 Å². The van der Waals surface area contributed by atoms with Crippen LogP contribution in [0.1, 0.15) is 85.0 Å². The topological polar surface area (TPSA) is 336 Å². The van der Waals surface area contributed by atoms with Crippen LogP contribution in [0.3, 0.4) is 0 Å². The van der Waals surface area contributed by atoms with E-state index >= 15 is 0 Å². The lowest BCUT2D eigenvalue weighted by Gasteiger charge is -2.30. The zero-order valence-corrected chi connectivity index (χ0v) is 37.1. The molecule has 2 aliphatic rings. The molecular formula is C41H63N13O10. The van der Waals surface area contributed by atoms with Crippen molar-refractivity contribution in [2.24, 2.45) is 17.6 Å². The van der Waals surface area contributed by atoms with Gasteiger partial charge in [-0.25, -0.2) is 9.97 Å². The molecule has 4 rings (SSSR count). The molecule has 0 radical (unpaired) electrons. The number of aliphatic carboxylic acids is 1. The van der Waals surface area contributed by atoms with Crippen molar-refractivity contribution in [3.63, 3.8) is 0 Å². The molecule has 2 aromatic rings. The van der Waals surface area contributed by atoms with Crippen LogP contribution >= 0.6 is 0 Å². The number of rotatable bonds is 22. The van der Waals surface area contributed by atoms with Crippen molar-refractivity contribution >= 4 is 53.2 Å². The minimum Gasteiger partial charge on any atom is -0.480 e. The van der Waals surface area contributed by atoms with Crippen molar-refractivity contribution in [2.75, 3.05) is 19.6 Å². The summed E-state index contributed by atoms with van der Waals surface area (Å²) in [4.78, 5) is 135. The second-order valence-corrected chi connectivity index (χ2v) is 16.8. The highest BCUT2D eigenvalue weighted by Crippen LogP contribution is 2.21. The van der Waals surface area contributed by atoms with Gasteiger partial charge in [-0.05, 0) is 51.4 Å². The summed E-state index contributed by atoms with van der Waals surface area (Å²) in [6, 6.07) is -8.56. The quantitative estimate of drug-likeness (QED) is 0.0590. The molecule has 23 nitrogen and oxygen atoms in total. The summed E-state index contributed by atoms with van der Waals surface area (Å²) in [5, 5.41) is 24.8. The molecule has 9 atom stereocenters. The summed E-state index contributed by atoms with van der Waals surface area (Å²) in [6.45, 7) is 9.67. The number of carboxylic acids is 1. The number of aromatic nitrogens is 4. The van der Waals surface area contributed by atoms with Gasteiger partial charge in [0.15, 0.2) is 0 Å². The predicted molar refractivity (Wildman–Crippen MR) is 228 cm³/mol. The average Bonchev–Trinajstić information content (AvgIpc) is 4.11. The van der Waals surface area contributed by atoms with Crippen molar-refractivity contribution < 1.29 is 48.3 Å². The fraction of sp³-hybridized carbons (Fsp3) is 0.634. The minimum atomic E-state index is -1.26. The molecule has 0 spiro atoms. The molecule has 2 saturated heterocycles. The van der Waals surface area contributed by atoms with E-state index in [1.54, 1.807) is 27.0 Å². The zero-order chi connectivity index (χ0) is 47.2. The maximum atomic E-state index is 13.9. The highest BCUT2D eigenvalue weighted by molar-refractivity contribution is 5.97. The van der Waals surface area contributed by atoms with Crippen LogP contribution in [0, 0.1) is 11.8 Å². The average molecular weight is 898 g/mol. The molecule has 23 heteroatoms. The maximum Gasteiger partial charge on any atom is 0.325 e. The Morgan fingerprint density at radius 2 is 1.25 bits per heavy atom. The number of likely N-dealkylation sites (tertiary alicyclic amines) is 2. The highest BCUT2D eigenvalue weighted by Gasteiger charge is 2.40. The number of hydrogen-bond donors (Lipinski definition) is 10. The number of aromatic amines is 2. The van der Waals surface area contributed by atoms with Gasteiger partial charge in [-0.15, -0.1) is 0 Å².